The summed E-state index contributed by atoms with van der Waals surface area (Å²) >= 11 is 12.6. The fraction of sp³-hybridized carbons (Fsp3) is 0.333. The fourth-order valence-corrected chi connectivity index (χ4v) is 7.51. The lowest BCUT2D eigenvalue weighted by Crippen LogP contribution is -2.32. The van der Waals surface area contributed by atoms with Gasteiger partial charge in [0.05, 0.1) is 46.2 Å². The highest BCUT2D eigenvalue weighted by Crippen LogP contribution is 2.62. The summed E-state index contributed by atoms with van der Waals surface area (Å²) in [6.45, 7) is 7.70. The Kier molecular flexibility index (Phi) is 6.60. The van der Waals surface area contributed by atoms with Crippen LogP contribution in [0.4, 0.5) is 0 Å². The Balaban J connectivity index is 1.04. The molecule has 0 amide bonds. The summed E-state index contributed by atoms with van der Waals surface area (Å²) < 4.78 is 16.9. The molecule has 1 saturated heterocycles. The van der Waals surface area contributed by atoms with Crippen LogP contribution in [0.25, 0.3) is 11.0 Å². The Morgan fingerprint density at radius 2 is 1.91 bits per heavy atom. The van der Waals surface area contributed by atoms with Gasteiger partial charge in [0.2, 0.25) is 0 Å². The Morgan fingerprint density at radius 3 is 2.64 bits per heavy atom. The number of piperidine rings is 1. The average molecular weight is 646 g/mol. The van der Waals surface area contributed by atoms with Crippen molar-refractivity contribution in [1.29, 1.82) is 0 Å². The molecule has 5 heterocycles. The van der Waals surface area contributed by atoms with Crippen LogP contribution in [0, 0.1) is 11.8 Å². The number of pyridine rings is 1. The van der Waals surface area contributed by atoms with Crippen molar-refractivity contribution < 1.29 is 19.4 Å². The predicted molar refractivity (Wildman–Crippen MR) is 168 cm³/mol. The zero-order valence-electron chi connectivity index (χ0n) is 24.7. The highest BCUT2D eigenvalue weighted by atomic mass is 35.5. The molecular formula is C33H30Cl2N6O4. The van der Waals surface area contributed by atoms with Crippen molar-refractivity contribution in [1.82, 2.24) is 29.0 Å². The first-order chi connectivity index (χ1) is 21.7. The highest BCUT2D eigenvalue weighted by Gasteiger charge is 2.58. The number of nitrogens with zero attached hydrogens (tertiary/aromatic N) is 6. The Labute approximate surface area is 269 Å². The molecule has 3 aliphatic rings. The zero-order valence-corrected chi connectivity index (χ0v) is 26.2. The SMILES string of the molecule is CCn1cncc1Cn1c(CN2C[C@@H]3C(c4cccc5c4OC(C)(c4ccc(Cl)cn4)O5)[C@@H]3C2)nc2c(Cl)cc(C(=O)O)cc21. The molecule has 2 fully saturated rings. The van der Waals surface area contributed by atoms with E-state index in [0.717, 1.165) is 42.7 Å². The molecule has 230 valence electrons. The maximum atomic E-state index is 11.9. The monoisotopic (exact) mass is 644 g/mol. The van der Waals surface area contributed by atoms with Crippen LogP contribution >= 0.6 is 23.2 Å². The molecule has 8 rings (SSSR count). The number of aryl methyl sites for hydroxylation is 1. The second-order valence-electron chi connectivity index (χ2n) is 12.1. The van der Waals surface area contributed by atoms with Crippen molar-refractivity contribution in [3.63, 3.8) is 0 Å². The molecule has 4 atom stereocenters. The summed E-state index contributed by atoms with van der Waals surface area (Å²) in [5.74, 6) is 1.68. The van der Waals surface area contributed by atoms with Gasteiger partial charge in [0.15, 0.2) is 11.5 Å². The Hall–Kier alpha value is -4.12. The third-order valence-electron chi connectivity index (χ3n) is 9.39. The van der Waals surface area contributed by atoms with Gasteiger partial charge in [0, 0.05) is 44.5 Å². The number of para-hydroxylation sites is 1. The van der Waals surface area contributed by atoms with Crippen molar-refractivity contribution in [3.8, 4) is 11.5 Å². The number of aromatic carboxylic acids is 1. The minimum absolute atomic E-state index is 0.138. The number of carboxylic acid groups (broad SMARTS) is 1. The van der Waals surface area contributed by atoms with E-state index in [1.807, 2.05) is 37.6 Å². The van der Waals surface area contributed by atoms with Gasteiger partial charge in [-0.3, -0.25) is 9.88 Å². The molecule has 2 aliphatic heterocycles. The number of aromatic nitrogens is 5. The number of likely N-dealkylation sites (tertiary alicyclic amines) is 1. The molecule has 1 N–H and O–H groups in total. The quantitative estimate of drug-likeness (QED) is 0.213. The van der Waals surface area contributed by atoms with E-state index in [2.05, 4.69) is 37.0 Å². The lowest BCUT2D eigenvalue weighted by Gasteiger charge is -2.23. The van der Waals surface area contributed by atoms with Crippen LogP contribution < -0.4 is 9.47 Å². The van der Waals surface area contributed by atoms with Gasteiger partial charge >= 0.3 is 5.97 Å². The Morgan fingerprint density at radius 1 is 1.09 bits per heavy atom. The van der Waals surface area contributed by atoms with Gasteiger partial charge < -0.3 is 23.7 Å². The lowest BCUT2D eigenvalue weighted by atomic mass is 10.0. The van der Waals surface area contributed by atoms with E-state index in [9.17, 15) is 9.90 Å². The van der Waals surface area contributed by atoms with Crippen molar-refractivity contribution in [2.45, 2.75) is 45.2 Å². The van der Waals surface area contributed by atoms with E-state index in [-0.39, 0.29) is 5.56 Å². The van der Waals surface area contributed by atoms with Crippen LogP contribution in [0.2, 0.25) is 10.0 Å². The van der Waals surface area contributed by atoms with E-state index in [4.69, 9.17) is 37.7 Å². The molecular weight excluding hydrogens is 615 g/mol. The first-order valence-electron chi connectivity index (χ1n) is 15.0. The summed E-state index contributed by atoms with van der Waals surface area (Å²) in [5.41, 5.74) is 4.30. The molecule has 0 radical (unpaired) electrons. The number of hydrogen-bond donors (Lipinski definition) is 1. The zero-order chi connectivity index (χ0) is 31.0. The Bertz CT molecular complexity index is 1960. The largest absolute Gasteiger partial charge is 0.478 e. The molecule has 45 heavy (non-hydrogen) atoms. The van der Waals surface area contributed by atoms with E-state index in [1.165, 1.54) is 11.6 Å². The normalized spacial score (nSPS) is 23.5. The minimum Gasteiger partial charge on any atom is -0.478 e. The van der Waals surface area contributed by atoms with Crippen LogP contribution in [0.15, 0.2) is 61.2 Å². The molecule has 12 heteroatoms. The minimum atomic E-state index is -1.02. The molecule has 0 bridgehead atoms. The fourth-order valence-electron chi connectivity index (χ4n) is 7.14. The van der Waals surface area contributed by atoms with Crippen molar-refractivity contribution in [3.05, 3.63) is 99.6 Å². The molecule has 2 unspecified atom stereocenters. The standard InChI is InChI=1S/C33H30Cl2N6O4/c1-3-40-17-36-12-20(40)13-41-25-10-18(32(42)43)9-24(35)30(25)38-28(41)16-39-14-22-23(15-39)29(22)21-5-4-6-26-31(21)45-33(2,44-26)27-8-7-19(34)11-37-27/h4-12,17,22-23,29H,3,13-16H2,1-2H3,(H,42,43)/t22-,23+,29?,33?. The van der Waals surface area contributed by atoms with Gasteiger partial charge in [-0.15, -0.1) is 0 Å². The predicted octanol–water partition coefficient (Wildman–Crippen LogP) is 6.19. The molecule has 1 saturated carbocycles. The van der Waals surface area contributed by atoms with Crippen LogP contribution in [0.5, 0.6) is 11.5 Å². The van der Waals surface area contributed by atoms with Crippen LogP contribution in [-0.2, 0) is 25.4 Å². The van der Waals surface area contributed by atoms with Gasteiger partial charge in [-0.05, 0) is 55.0 Å². The van der Waals surface area contributed by atoms with Gasteiger partial charge in [-0.1, -0.05) is 35.3 Å². The number of rotatable bonds is 8. The number of imidazole rings is 2. The second-order valence-corrected chi connectivity index (χ2v) is 13.0. The van der Waals surface area contributed by atoms with Crippen LogP contribution in [-0.4, -0.2) is 53.2 Å². The summed E-state index contributed by atoms with van der Waals surface area (Å²) in [5, 5.41) is 10.6. The highest BCUT2D eigenvalue weighted by molar-refractivity contribution is 6.35. The first-order valence-corrected chi connectivity index (χ1v) is 15.7. The maximum absolute atomic E-state index is 11.9. The van der Waals surface area contributed by atoms with Crippen molar-refractivity contribution in [2.75, 3.05) is 13.1 Å². The third-order valence-corrected chi connectivity index (χ3v) is 9.90. The average Bonchev–Trinajstić information content (AvgIpc) is 3.51. The number of carboxylic acids is 1. The van der Waals surface area contributed by atoms with Crippen LogP contribution in [0.3, 0.4) is 0 Å². The summed E-state index contributed by atoms with van der Waals surface area (Å²) in [4.78, 5) is 28.0. The topological polar surface area (TPSA) is 108 Å². The number of halogens is 2. The number of ether oxygens (including phenoxy) is 2. The smallest absolute Gasteiger partial charge is 0.335 e. The van der Waals surface area contributed by atoms with Crippen molar-refractivity contribution in [2.24, 2.45) is 11.8 Å². The van der Waals surface area contributed by atoms with Gasteiger partial charge in [0.1, 0.15) is 17.0 Å². The lowest BCUT2D eigenvalue weighted by molar-refractivity contribution is -0.0721. The molecule has 2 aromatic carbocycles. The van der Waals surface area contributed by atoms with Crippen molar-refractivity contribution >= 4 is 40.2 Å². The summed E-state index contributed by atoms with van der Waals surface area (Å²) in [6, 6.07) is 12.9. The number of hydrogen-bond acceptors (Lipinski definition) is 7. The van der Waals surface area contributed by atoms with Crippen LogP contribution in [0.1, 0.15) is 52.9 Å². The second kappa shape index (κ2) is 10.5. The number of carbonyl (C=O) groups is 1. The number of benzene rings is 2. The number of fused-ring (bicyclic) bond motifs is 3. The maximum Gasteiger partial charge on any atom is 0.335 e. The van der Waals surface area contributed by atoms with E-state index in [1.54, 1.807) is 18.3 Å². The summed E-state index contributed by atoms with van der Waals surface area (Å²) in [6.07, 6.45) is 5.25. The van der Waals surface area contributed by atoms with Gasteiger partial charge in [-0.2, -0.15) is 0 Å². The van der Waals surface area contributed by atoms with E-state index < -0.39 is 11.8 Å². The molecule has 0 spiro atoms. The van der Waals surface area contributed by atoms with E-state index in [0.29, 0.717) is 57.6 Å². The first kappa shape index (κ1) is 28.4. The van der Waals surface area contributed by atoms with Gasteiger partial charge in [-0.25, -0.2) is 14.8 Å². The summed E-state index contributed by atoms with van der Waals surface area (Å²) in [7, 11) is 0. The van der Waals surface area contributed by atoms with Gasteiger partial charge in [0.25, 0.3) is 5.79 Å². The molecule has 10 nitrogen and oxygen atoms in total. The van der Waals surface area contributed by atoms with E-state index >= 15 is 0 Å². The third kappa shape index (κ3) is 4.74. The molecule has 5 aromatic rings. The molecule has 3 aromatic heterocycles. The molecule has 1 aliphatic carbocycles.